The van der Waals surface area contributed by atoms with Crippen molar-refractivity contribution in [1.29, 1.82) is 0 Å². The lowest BCUT2D eigenvalue weighted by atomic mass is 9.99. The van der Waals surface area contributed by atoms with E-state index in [1.807, 2.05) is 36.1 Å². The number of hydrogen-bond donors (Lipinski definition) is 0. The van der Waals surface area contributed by atoms with Crippen LogP contribution in [0.3, 0.4) is 0 Å². The van der Waals surface area contributed by atoms with Crippen LogP contribution in [0.2, 0.25) is 0 Å². The number of carbonyl (C=O) groups is 1. The van der Waals surface area contributed by atoms with Gasteiger partial charge in [-0.1, -0.05) is 13.8 Å². The lowest BCUT2D eigenvalue weighted by Gasteiger charge is -2.33. The molecule has 0 saturated carbocycles. The molecule has 0 spiro atoms. The smallest absolute Gasteiger partial charge is 0.263 e. The lowest BCUT2D eigenvalue weighted by molar-refractivity contribution is -0.140. The maximum absolute atomic E-state index is 12.6. The largest absolute Gasteiger partial charge is 0.497 e. The van der Waals surface area contributed by atoms with Gasteiger partial charge in [-0.15, -0.1) is 0 Å². The van der Waals surface area contributed by atoms with Crippen molar-refractivity contribution in [2.24, 2.45) is 5.92 Å². The second-order valence-electron chi connectivity index (χ2n) is 5.72. The number of carbonyl (C=O) groups excluding carboxylic acids is 1. The molecule has 0 N–H and O–H groups in total. The zero-order chi connectivity index (χ0) is 15.2. The van der Waals surface area contributed by atoms with Crippen LogP contribution in [0.1, 0.15) is 33.1 Å². The molecular weight excluding hydrogens is 266 g/mol. The van der Waals surface area contributed by atoms with Crippen molar-refractivity contribution in [3.8, 4) is 11.5 Å². The highest BCUT2D eigenvalue weighted by Crippen LogP contribution is 2.21. The fourth-order valence-corrected chi connectivity index (χ4v) is 2.72. The lowest BCUT2D eigenvalue weighted by Crippen LogP contribution is -2.46. The molecule has 0 aliphatic carbocycles. The molecule has 1 fully saturated rings. The monoisotopic (exact) mass is 291 g/mol. The number of ether oxygens (including phenoxy) is 2. The summed E-state index contributed by atoms with van der Waals surface area (Å²) in [6.45, 7) is 5.89. The van der Waals surface area contributed by atoms with Crippen LogP contribution in [-0.4, -0.2) is 37.1 Å². The van der Waals surface area contributed by atoms with Gasteiger partial charge in [-0.05, 0) is 49.4 Å². The highest BCUT2D eigenvalue weighted by atomic mass is 16.5. The number of rotatable bonds is 5. The topological polar surface area (TPSA) is 38.8 Å². The van der Waals surface area contributed by atoms with Gasteiger partial charge in [0.05, 0.1) is 7.11 Å². The molecule has 4 nitrogen and oxygen atoms in total. The summed E-state index contributed by atoms with van der Waals surface area (Å²) in [5.74, 6) is 2.19. The maximum Gasteiger partial charge on any atom is 0.263 e. The maximum atomic E-state index is 12.6. The SMILES string of the molecule is CC[C@H](Oc1ccc(OC)cc1)C(=O)N1CCC[C@@H](C)C1. The van der Waals surface area contributed by atoms with E-state index in [-0.39, 0.29) is 5.91 Å². The summed E-state index contributed by atoms with van der Waals surface area (Å²) in [6, 6.07) is 7.37. The van der Waals surface area contributed by atoms with Crippen LogP contribution in [0, 0.1) is 5.92 Å². The Morgan fingerprint density at radius 2 is 2.00 bits per heavy atom. The van der Waals surface area contributed by atoms with Gasteiger partial charge in [-0.25, -0.2) is 0 Å². The van der Waals surface area contributed by atoms with E-state index >= 15 is 0 Å². The minimum Gasteiger partial charge on any atom is -0.497 e. The van der Waals surface area contributed by atoms with Gasteiger partial charge in [-0.2, -0.15) is 0 Å². The average Bonchev–Trinajstić information content (AvgIpc) is 2.52. The van der Waals surface area contributed by atoms with E-state index in [1.165, 1.54) is 6.42 Å². The van der Waals surface area contributed by atoms with Gasteiger partial charge in [0.15, 0.2) is 6.10 Å². The van der Waals surface area contributed by atoms with E-state index < -0.39 is 6.10 Å². The van der Waals surface area contributed by atoms with Crippen molar-refractivity contribution in [2.75, 3.05) is 20.2 Å². The Bertz CT molecular complexity index is 458. The summed E-state index contributed by atoms with van der Waals surface area (Å²) in [4.78, 5) is 14.5. The van der Waals surface area contributed by atoms with Gasteiger partial charge in [-0.3, -0.25) is 4.79 Å². The molecule has 4 heteroatoms. The molecule has 1 saturated heterocycles. The minimum absolute atomic E-state index is 0.111. The molecule has 2 atom stereocenters. The number of likely N-dealkylation sites (tertiary alicyclic amines) is 1. The Labute approximate surface area is 127 Å². The van der Waals surface area contributed by atoms with Gasteiger partial charge in [0.1, 0.15) is 11.5 Å². The summed E-state index contributed by atoms with van der Waals surface area (Å²) < 4.78 is 11.0. The van der Waals surface area contributed by atoms with Crippen molar-refractivity contribution in [2.45, 2.75) is 39.2 Å². The molecule has 1 aromatic carbocycles. The van der Waals surface area contributed by atoms with Crippen LogP contribution in [0.15, 0.2) is 24.3 Å². The van der Waals surface area contributed by atoms with Crippen LogP contribution in [-0.2, 0) is 4.79 Å². The summed E-state index contributed by atoms with van der Waals surface area (Å²) >= 11 is 0. The van der Waals surface area contributed by atoms with Crippen LogP contribution in [0.4, 0.5) is 0 Å². The molecule has 0 bridgehead atoms. The normalized spacial score (nSPS) is 20.0. The summed E-state index contributed by atoms with van der Waals surface area (Å²) in [7, 11) is 1.63. The molecule has 2 rings (SSSR count). The van der Waals surface area contributed by atoms with Crippen molar-refractivity contribution in [1.82, 2.24) is 4.90 Å². The quantitative estimate of drug-likeness (QED) is 0.836. The van der Waals surface area contributed by atoms with E-state index in [2.05, 4.69) is 6.92 Å². The minimum atomic E-state index is -0.399. The zero-order valence-electron chi connectivity index (χ0n) is 13.2. The van der Waals surface area contributed by atoms with E-state index in [4.69, 9.17) is 9.47 Å². The number of benzene rings is 1. The zero-order valence-corrected chi connectivity index (χ0v) is 13.2. The van der Waals surface area contributed by atoms with Gasteiger partial charge in [0.2, 0.25) is 0 Å². The van der Waals surface area contributed by atoms with Crippen LogP contribution < -0.4 is 9.47 Å². The number of amides is 1. The second kappa shape index (κ2) is 7.34. The summed E-state index contributed by atoms with van der Waals surface area (Å²) in [6.07, 6.45) is 2.57. The van der Waals surface area contributed by atoms with Crippen molar-refractivity contribution in [3.63, 3.8) is 0 Å². The second-order valence-corrected chi connectivity index (χ2v) is 5.72. The molecule has 1 aromatic rings. The van der Waals surface area contributed by atoms with E-state index in [0.717, 1.165) is 25.3 Å². The van der Waals surface area contributed by atoms with Gasteiger partial charge in [0, 0.05) is 13.1 Å². The first-order valence-electron chi connectivity index (χ1n) is 7.73. The Hall–Kier alpha value is -1.71. The van der Waals surface area contributed by atoms with E-state index in [1.54, 1.807) is 7.11 Å². The molecule has 116 valence electrons. The fraction of sp³-hybridized carbons (Fsp3) is 0.588. The highest BCUT2D eigenvalue weighted by Gasteiger charge is 2.27. The number of piperidine rings is 1. The third-order valence-electron chi connectivity index (χ3n) is 3.95. The van der Waals surface area contributed by atoms with Crippen LogP contribution >= 0.6 is 0 Å². The Kier molecular flexibility index (Phi) is 5.48. The van der Waals surface area contributed by atoms with Gasteiger partial charge in [0.25, 0.3) is 5.91 Å². The third kappa shape index (κ3) is 4.13. The average molecular weight is 291 g/mol. The van der Waals surface area contributed by atoms with Crippen molar-refractivity contribution < 1.29 is 14.3 Å². The first-order chi connectivity index (χ1) is 10.1. The molecule has 0 unspecified atom stereocenters. The fourth-order valence-electron chi connectivity index (χ4n) is 2.72. The van der Waals surface area contributed by atoms with Crippen LogP contribution in [0.25, 0.3) is 0 Å². The molecule has 1 amide bonds. The van der Waals surface area contributed by atoms with Crippen LogP contribution in [0.5, 0.6) is 11.5 Å². The summed E-state index contributed by atoms with van der Waals surface area (Å²) in [5.41, 5.74) is 0. The first kappa shape index (κ1) is 15.7. The van der Waals surface area contributed by atoms with Crippen molar-refractivity contribution in [3.05, 3.63) is 24.3 Å². The summed E-state index contributed by atoms with van der Waals surface area (Å²) in [5, 5.41) is 0. The molecule has 0 radical (unpaired) electrons. The van der Waals surface area contributed by atoms with Gasteiger partial charge >= 0.3 is 0 Å². The predicted molar refractivity (Wildman–Crippen MR) is 82.7 cm³/mol. The van der Waals surface area contributed by atoms with E-state index in [9.17, 15) is 4.79 Å². The highest BCUT2D eigenvalue weighted by molar-refractivity contribution is 5.81. The Morgan fingerprint density at radius 3 is 2.57 bits per heavy atom. The predicted octanol–water partition coefficient (Wildman–Crippen LogP) is 3.11. The molecular formula is C17H25NO3. The molecule has 21 heavy (non-hydrogen) atoms. The number of methoxy groups -OCH3 is 1. The Balaban J connectivity index is 1.99. The first-order valence-corrected chi connectivity index (χ1v) is 7.73. The molecule has 1 aliphatic rings. The Morgan fingerprint density at radius 1 is 1.33 bits per heavy atom. The van der Waals surface area contributed by atoms with E-state index in [0.29, 0.717) is 18.1 Å². The number of hydrogen-bond acceptors (Lipinski definition) is 3. The molecule has 1 aliphatic heterocycles. The van der Waals surface area contributed by atoms with Crippen molar-refractivity contribution >= 4 is 5.91 Å². The molecule has 1 heterocycles. The molecule has 0 aromatic heterocycles. The third-order valence-corrected chi connectivity index (χ3v) is 3.95. The van der Waals surface area contributed by atoms with Gasteiger partial charge < -0.3 is 14.4 Å². The standard InChI is InChI=1S/C17H25NO3/c1-4-16(17(19)18-11-5-6-13(2)12-18)21-15-9-7-14(20-3)8-10-15/h7-10,13,16H,4-6,11-12H2,1-3H3/t13-,16+/m1/s1. The number of nitrogens with zero attached hydrogens (tertiary/aromatic N) is 1.